The lowest BCUT2D eigenvalue weighted by atomic mass is 10.2. The molecule has 1 saturated carbocycles. The third-order valence-electron chi connectivity index (χ3n) is 3.28. The normalized spacial score (nSPS) is 17.5. The molecule has 1 unspecified atom stereocenters. The number of pyridine rings is 1. The van der Waals surface area contributed by atoms with Gasteiger partial charge in [-0.25, -0.2) is 4.98 Å². The standard InChI is InChI=1S/C12H19N3/c1-8-6-11(13)12(14-7-8)15(3)9(2)10-4-5-10/h6-7,9-10H,4-5,13H2,1-3H3. The van der Waals surface area contributed by atoms with E-state index >= 15 is 0 Å². The number of nitrogens with zero attached hydrogens (tertiary/aromatic N) is 2. The van der Waals surface area contributed by atoms with E-state index in [2.05, 4.69) is 23.9 Å². The fourth-order valence-corrected chi connectivity index (χ4v) is 1.97. The summed E-state index contributed by atoms with van der Waals surface area (Å²) in [6, 6.07) is 2.53. The summed E-state index contributed by atoms with van der Waals surface area (Å²) in [5.41, 5.74) is 7.87. The van der Waals surface area contributed by atoms with Gasteiger partial charge in [0.25, 0.3) is 0 Å². The first kappa shape index (κ1) is 10.3. The summed E-state index contributed by atoms with van der Waals surface area (Å²) < 4.78 is 0. The number of hydrogen-bond acceptors (Lipinski definition) is 3. The zero-order valence-corrected chi connectivity index (χ0v) is 9.70. The Morgan fingerprint density at radius 1 is 1.53 bits per heavy atom. The molecule has 15 heavy (non-hydrogen) atoms. The quantitative estimate of drug-likeness (QED) is 0.822. The van der Waals surface area contributed by atoms with Crippen molar-refractivity contribution >= 4 is 11.5 Å². The van der Waals surface area contributed by atoms with Crippen molar-refractivity contribution in [2.45, 2.75) is 32.7 Å². The summed E-state index contributed by atoms with van der Waals surface area (Å²) in [6.07, 6.45) is 4.57. The molecule has 0 amide bonds. The van der Waals surface area contributed by atoms with Crippen molar-refractivity contribution in [3.8, 4) is 0 Å². The molecule has 82 valence electrons. The summed E-state index contributed by atoms with van der Waals surface area (Å²) in [5, 5.41) is 0. The van der Waals surface area contributed by atoms with Crippen molar-refractivity contribution in [2.24, 2.45) is 5.92 Å². The van der Waals surface area contributed by atoms with E-state index in [1.165, 1.54) is 12.8 Å². The third kappa shape index (κ3) is 2.06. The van der Waals surface area contributed by atoms with E-state index < -0.39 is 0 Å². The van der Waals surface area contributed by atoms with Crippen LogP contribution in [0.5, 0.6) is 0 Å². The first-order chi connectivity index (χ1) is 7.09. The molecule has 1 atom stereocenters. The van der Waals surface area contributed by atoms with E-state index in [-0.39, 0.29) is 0 Å². The molecule has 0 spiro atoms. The lowest BCUT2D eigenvalue weighted by Crippen LogP contribution is -2.31. The summed E-state index contributed by atoms with van der Waals surface area (Å²) in [7, 11) is 2.08. The fourth-order valence-electron chi connectivity index (χ4n) is 1.97. The van der Waals surface area contributed by atoms with Crippen LogP contribution >= 0.6 is 0 Å². The zero-order valence-electron chi connectivity index (χ0n) is 9.70. The first-order valence-corrected chi connectivity index (χ1v) is 5.54. The van der Waals surface area contributed by atoms with Gasteiger partial charge in [-0.3, -0.25) is 0 Å². The molecule has 1 aromatic heterocycles. The van der Waals surface area contributed by atoms with Crippen LogP contribution in [-0.2, 0) is 0 Å². The van der Waals surface area contributed by atoms with Crippen LogP contribution in [0.1, 0.15) is 25.3 Å². The highest BCUT2D eigenvalue weighted by Gasteiger charge is 2.31. The molecule has 0 aromatic carbocycles. The van der Waals surface area contributed by atoms with Crippen LogP contribution in [0.25, 0.3) is 0 Å². The maximum Gasteiger partial charge on any atom is 0.151 e. The second-order valence-electron chi connectivity index (χ2n) is 4.61. The summed E-state index contributed by atoms with van der Waals surface area (Å²) >= 11 is 0. The monoisotopic (exact) mass is 205 g/mol. The number of rotatable bonds is 3. The number of aromatic nitrogens is 1. The van der Waals surface area contributed by atoms with E-state index in [1.807, 2.05) is 19.2 Å². The highest BCUT2D eigenvalue weighted by atomic mass is 15.2. The Morgan fingerprint density at radius 3 is 2.73 bits per heavy atom. The molecule has 3 nitrogen and oxygen atoms in total. The molecular formula is C12H19N3. The maximum absolute atomic E-state index is 5.98. The van der Waals surface area contributed by atoms with Crippen LogP contribution < -0.4 is 10.6 Å². The van der Waals surface area contributed by atoms with E-state index in [0.29, 0.717) is 6.04 Å². The SMILES string of the molecule is Cc1cnc(N(C)C(C)C2CC2)c(N)c1. The average Bonchev–Trinajstić information content (AvgIpc) is 2.99. The summed E-state index contributed by atoms with van der Waals surface area (Å²) in [5.74, 6) is 1.75. The van der Waals surface area contributed by atoms with Crippen LogP contribution in [-0.4, -0.2) is 18.1 Å². The maximum atomic E-state index is 5.98. The number of nitrogens with two attached hydrogens (primary N) is 1. The number of nitrogen functional groups attached to an aromatic ring is 1. The van der Waals surface area contributed by atoms with Gasteiger partial charge in [-0.05, 0) is 44.2 Å². The predicted molar refractivity (Wildman–Crippen MR) is 64.0 cm³/mol. The second-order valence-corrected chi connectivity index (χ2v) is 4.61. The number of aryl methyl sites for hydroxylation is 1. The summed E-state index contributed by atoms with van der Waals surface area (Å²) in [4.78, 5) is 6.61. The molecule has 1 heterocycles. The van der Waals surface area contributed by atoms with Gasteiger partial charge in [-0.15, -0.1) is 0 Å². The molecule has 1 aliphatic rings. The third-order valence-corrected chi connectivity index (χ3v) is 3.28. The van der Waals surface area contributed by atoms with E-state index in [1.54, 1.807) is 0 Å². The molecule has 0 radical (unpaired) electrons. The Labute approximate surface area is 91.3 Å². The molecule has 1 aliphatic carbocycles. The Balaban J connectivity index is 2.20. The van der Waals surface area contributed by atoms with Crippen molar-refractivity contribution in [2.75, 3.05) is 17.7 Å². The minimum absolute atomic E-state index is 0.544. The topological polar surface area (TPSA) is 42.2 Å². The molecule has 0 bridgehead atoms. The molecule has 0 aliphatic heterocycles. The van der Waals surface area contributed by atoms with Gasteiger partial charge in [-0.1, -0.05) is 0 Å². The van der Waals surface area contributed by atoms with Crippen LogP contribution in [0, 0.1) is 12.8 Å². The lowest BCUT2D eigenvalue weighted by molar-refractivity contribution is 0.604. The summed E-state index contributed by atoms with van der Waals surface area (Å²) in [6.45, 7) is 4.26. The fraction of sp³-hybridized carbons (Fsp3) is 0.583. The van der Waals surface area contributed by atoms with Gasteiger partial charge in [0.1, 0.15) is 0 Å². The van der Waals surface area contributed by atoms with E-state index in [9.17, 15) is 0 Å². The Hall–Kier alpha value is -1.25. The minimum Gasteiger partial charge on any atom is -0.396 e. The molecule has 1 aromatic rings. The highest BCUT2D eigenvalue weighted by molar-refractivity contribution is 5.63. The van der Waals surface area contributed by atoms with Gasteiger partial charge in [-0.2, -0.15) is 0 Å². The van der Waals surface area contributed by atoms with Crippen LogP contribution in [0.2, 0.25) is 0 Å². The molecule has 3 heteroatoms. The molecule has 1 fully saturated rings. The van der Waals surface area contributed by atoms with Gasteiger partial charge in [0, 0.05) is 19.3 Å². The van der Waals surface area contributed by atoms with E-state index in [0.717, 1.165) is 23.0 Å². The predicted octanol–water partition coefficient (Wildman–Crippen LogP) is 2.21. The van der Waals surface area contributed by atoms with Crippen molar-refractivity contribution < 1.29 is 0 Å². The largest absolute Gasteiger partial charge is 0.396 e. The van der Waals surface area contributed by atoms with Crippen molar-refractivity contribution in [1.82, 2.24) is 4.98 Å². The average molecular weight is 205 g/mol. The zero-order chi connectivity index (χ0) is 11.0. The molecule has 2 rings (SSSR count). The molecule has 2 N–H and O–H groups in total. The van der Waals surface area contributed by atoms with Crippen molar-refractivity contribution in [3.63, 3.8) is 0 Å². The van der Waals surface area contributed by atoms with E-state index in [4.69, 9.17) is 5.73 Å². The van der Waals surface area contributed by atoms with Gasteiger partial charge in [0.2, 0.25) is 0 Å². The lowest BCUT2D eigenvalue weighted by Gasteiger charge is -2.27. The van der Waals surface area contributed by atoms with Gasteiger partial charge < -0.3 is 10.6 Å². The van der Waals surface area contributed by atoms with Gasteiger partial charge >= 0.3 is 0 Å². The Kier molecular flexibility index (Phi) is 2.55. The second kappa shape index (κ2) is 3.72. The van der Waals surface area contributed by atoms with Gasteiger partial charge in [0.15, 0.2) is 5.82 Å². The van der Waals surface area contributed by atoms with Crippen LogP contribution in [0.4, 0.5) is 11.5 Å². The van der Waals surface area contributed by atoms with Crippen molar-refractivity contribution in [1.29, 1.82) is 0 Å². The number of anilines is 2. The Bertz CT molecular complexity index is 358. The highest BCUT2D eigenvalue weighted by Crippen LogP contribution is 2.36. The molecule has 0 saturated heterocycles. The number of hydrogen-bond donors (Lipinski definition) is 1. The Morgan fingerprint density at radius 2 is 2.20 bits per heavy atom. The van der Waals surface area contributed by atoms with Crippen LogP contribution in [0.15, 0.2) is 12.3 Å². The van der Waals surface area contributed by atoms with Gasteiger partial charge in [0.05, 0.1) is 5.69 Å². The minimum atomic E-state index is 0.544. The van der Waals surface area contributed by atoms with Crippen molar-refractivity contribution in [3.05, 3.63) is 17.8 Å². The van der Waals surface area contributed by atoms with Crippen LogP contribution in [0.3, 0.4) is 0 Å². The molecular weight excluding hydrogens is 186 g/mol. The first-order valence-electron chi connectivity index (χ1n) is 5.54. The smallest absolute Gasteiger partial charge is 0.151 e.